The molecule has 94 valence electrons. The minimum atomic E-state index is -0.256. The second-order valence-corrected chi connectivity index (χ2v) is 4.68. The molecular formula is C14H15FN2O. The van der Waals surface area contributed by atoms with E-state index in [1.54, 1.807) is 18.2 Å². The number of hydrogen-bond acceptors (Lipinski definition) is 2. The van der Waals surface area contributed by atoms with Gasteiger partial charge in [-0.15, -0.1) is 0 Å². The van der Waals surface area contributed by atoms with Crippen molar-refractivity contribution in [2.45, 2.75) is 25.3 Å². The van der Waals surface area contributed by atoms with Gasteiger partial charge in [0.2, 0.25) is 0 Å². The van der Waals surface area contributed by atoms with Crippen LogP contribution in [-0.4, -0.2) is 21.3 Å². The molecule has 1 aliphatic heterocycles. The lowest BCUT2D eigenvalue weighted by atomic mass is 10.0. The predicted octanol–water partition coefficient (Wildman–Crippen LogP) is 2.56. The fraction of sp³-hybridized carbons (Fsp3) is 0.357. The third kappa shape index (κ3) is 1.82. The molecule has 1 atom stereocenters. The standard InChI is InChI=1S/C14H15FN2O/c15-12-6-2-1-5-11(12)13-8-17-7-3-4-10(9-18)14(17)16-13/h1-2,5-6,8,10,18H,3-4,7,9H2. The summed E-state index contributed by atoms with van der Waals surface area (Å²) in [7, 11) is 0. The molecule has 3 nitrogen and oxygen atoms in total. The molecule has 2 aromatic rings. The smallest absolute Gasteiger partial charge is 0.132 e. The first-order valence-electron chi connectivity index (χ1n) is 6.22. The molecule has 0 aliphatic carbocycles. The first-order valence-corrected chi connectivity index (χ1v) is 6.22. The van der Waals surface area contributed by atoms with Gasteiger partial charge in [0.1, 0.15) is 11.6 Å². The van der Waals surface area contributed by atoms with Crippen molar-refractivity contribution < 1.29 is 9.50 Å². The largest absolute Gasteiger partial charge is 0.396 e. The van der Waals surface area contributed by atoms with Crippen LogP contribution in [0, 0.1) is 5.82 Å². The number of aliphatic hydroxyl groups is 1. The highest BCUT2D eigenvalue weighted by molar-refractivity contribution is 5.59. The van der Waals surface area contributed by atoms with Crippen molar-refractivity contribution in [3.05, 3.63) is 42.1 Å². The van der Waals surface area contributed by atoms with Crippen molar-refractivity contribution in [1.82, 2.24) is 9.55 Å². The fourth-order valence-electron chi connectivity index (χ4n) is 2.54. The lowest BCUT2D eigenvalue weighted by Crippen LogP contribution is -2.18. The molecule has 4 heteroatoms. The van der Waals surface area contributed by atoms with E-state index in [1.165, 1.54) is 6.07 Å². The van der Waals surface area contributed by atoms with Gasteiger partial charge in [-0.3, -0.25) is 0 Å². The van der Waals surface area contributed by atoms with Gasteiger partial charge in [0.05, 0.1) is 12.3 Å². The number of nitrogens with zero attached hydrogens (tertiary/aromatic N) is 2. The first-order chi connectivity index (χ1) is 8.79. The molecular weight excluding hydrogens is 231 g/mol. The Labute approximate surface area is 105 Å². The van der Waals surface area contributed by atoms with Crippen LogP contribution in [0.4, 0.5) is 4.39 Å². The third-order valence-electron chi connectivity index (χ3n) is 3.49. The van der Waals surface area contributed by atoms with Gasteiger partial charge in [0.25, 0.3) is 0 Å². The molecule has 0 bridgehead atoms. The Bertz CT molecular complexity index is 565. The number of imidazole rings is 1. The summed E-state index contributed by atoms with van der Waals surface area (Å²) in [5.41, 5.74) is 1.18. The number of aryl methyl sites for hydroxylation is 1. The van der Waals surface area contributed by atoms with E-state index in [2.05, 4.69) is 4.98 Å². The molecule has 0 saturated heterocycles. The third-order valence-corrected chi connectivity index (χ3v) is 3.49. The van der Waals surface area contributed by atoms with Crippen molar-refractivity contribution >= 4 is 0 Å². The Hall–Kier alpha value is -1.68. The second kappa shape index (κ2) is 4.53. The fourth-order valence-corrected chi connectivity index (χ4v) is 2.54. The molecule has 0 saturated carbocycles. The quantitative estimate of drug-likeness (QED) is 0.884. The van der Waals surface area contributed by atoms with Crippen LogP contribution in [0.1, 0.15) is 24.6 Å². The van der Waals surface area contributed by atoms with E-state index in [9.17, 15) is 9.50 Å². The normalized spacial score (nSPS) is 18.7. The van der Waals surface area contributed by atoms with E-state index in [1.807, 2.05) is 10.8 Å². The molecule has 1 N–H and O–H groups in total. The Kier molecular flexibility index (Phi) is 2.88. The summed E-state index contributed by atoms with van der Waals surface area (Å²) in [6, 6.07) is 6.65. The van der Waals surface area contributed by atoms with Gasteiger partial charge >= 0.3 is 0 Å². The SMILES string of the molecule is OCC1CCCn2cc(-c3ccccc3F)nc21. The van der Waals surface area contributed by atoms with Gasteiger partial charge in [-0.25, -0.2) is 9.37 Å². The number of benzene rings is 1. The van der Waals surface area contributed by atoms with Crippen molar-refractivity contribution in [2.24, 2.45) is 0 Å². The van der Waals surface area contributed by atoms with Crippen LogP contribution < -0.4 is 0 Å². The molecule has 3 rings (SSSR count). The predicted molar refractivity (Wildman–Crippen MR) is 66.7 cm³/mol. The summed E-state index contributed by atoms with van der Waals surface area (Å²) in [5.74, 6) is 0.703. The molecule has 1 unspecified atom stereocenters. The van der Waals surface area contributed by atoms with Gasteiger partial charge in [0.15, 0.2) is 0 Å². The highest BCUT2D eigenvalue weighted by atomic mass is 19.1. The van der Waals surface area contributed by atoms with E-state index in [0.717, 1.165) is 25.2 Å². The van der Waals surface area contributed by atoms with E-state index < -0.39 is 0 Å². The minimum Gasteiger partial charge on any atom is -0.396 e. The van der Waals surface area contributed by atoms with Crippen LogP contribution in [0.5, 0.6) is 0 Å². The number of halogens is 1. The van der Waals surface area contributed by atoms with Crippen LogP contribution in [-0.2, 0) is 6.54 Å². The number of rotatable bonds is 2. The summed E-state index contributed by atoms with van der Waals surface area (Å²) < 4.78 is 15.8. The summed E-state index contributed by atoms with van der Waals surface area (Å²) in [6.07, 6.45) is 3.87. The maximum Gasteiger partial charge on any atom is 0.132 e. The number of aliphatic hydroxyl groups excluding tert-OH is 1. The van der Waals surface area contributed by atoms with Crippen LogP contribution in [0.3, 0.4) is 0 Å². The van der Waals surface area contributed by atoms with Gasteiger partial charge in [-0.2, -0.15) is 0 Å². The minimum absolute atomic E-state index is 0.0827. The zero-order valence-electron chi connectivity index (χ0n) is 10.0. The summed E-state index contributed by atoms with van der Waals surface area (Å²) in [6.45, 7) is 1.00. The Morgan fingerprint density at radius 3 is 3.00 bits per heavy atom. The average molecular weight is 246 g/mol. The molecule has 1 aromatic carbocycles. The molecule has 0 radical (unpaired) electrons. The van der Waals surface area contributed by atoms with Crippen molar-refractivity contribution in [3.63, 3.8) is 0 Å². The summed E-state index contributed by atoms with van der Waals surface area (Å²) in [5, 5.41) is 9.34. The molecule has 18 heavy (non-hydrogen) atoms. The molecule has 1 aliphatic rings. The zero-order chi connectivity index (χ0) is 12.5. The Morgan fingerprint density at radius 1 is 1.39 bits per heavy atom. The number of aromatic nitrogens is 2. The zero-order valence-corrected chi connectivity index (χ0v) is 10.0. The summed E-state index contributed by atoms with van der Waals surface area (Å²) >= 11 is 0. The molecule has 0 spiro atoms. The molecule has 0 amide bonds. The van der Waals surface area contributed by atoms with Crippen molar-refractivity contribution in [1.29, 1.82) is 0 Å². The lowest BCUT2D eigenvalue weighted by Gasteiger charge is -2.21. The Balaban J connectivity index is 2.05. The molecule has 2 heterocycles. The van der Waals surface area contributed by atoms with Gasteiger partial charge in [-0.05, 0) is 25.0 Å². The maximum atomic E-state index is 13.7. The lowest BCUT2D eigenvalue weighted by molar-refractivity contribution is 0.238. The van der Waals surface area contributed by atoms with Crippen molar-refractivity contribution in [3.8, 4) is 11.3 Å². The first kappa shape index (κ1) is 11.4. The monoisotopic (exact) mass is 246 g/mol. The second-order valence-electron chi connectivity index (χ2n) is 4.68. The van der Waals surface area contributed by atoms with Crippen molar-refractivity contribution in [2.75, 3.05) is 6.61 Å². The van der Waals surface area contributed by atoms with Crippen LogP contribution >= 0.6 is 0 Å². The van der Waals surface area contributed by atoms with Crippen LogP contribution in [0.2, 0.25) is 0 Å². The van der Waals surface area contributed by atoms with E-state index >= 15 is 0 Å². The highest BCUT2D eigenvalue weighted by Crippen LogP contribution is 2.30. The number of fused-ring (bicyclic) bond motifs is 1. The van der Waals surface area contributed by atoms with Crippen LogP contribution in [0.15, 0.2) is 30.5 Å². The Morgan fingerprint density at radius 2 is 2.22 bits per heavy atom. The maximum absolute atomic E-state index is 13.7. The highest BCUT2D eigenvalue weighted by Gasteiger charge is 2.23. The molecule has 0 fully saturated rings. The van der Waals surface area contributed by atoms with Gasteiger partial charge in [0, 0.05) is 24.2 Å². The summed E-state index contributed by atoms with van der Waals surface area (Å²) in [4.78, 5) is 4.50. The van der Waals surface area contributed by atoms with E-state index in [4.69, 9.17) is 0 Å². The van der Waals surface area contributed by atoms with Gasteiger partial charge in [-0.1, -0.05) is 12.1 Å². The van der Waals surface area contributed by atoms with Crippen LogP contribution in [0.25, 0.3) is 11.3 Å². The van der Waals surface area contributed by atoms with E-state index in [-0.39, 0.29) is 18.3 Å². The number of hydrogen-bond donors (Lipinski definition) is 1. The van der Waals surface area contributed by atoms with E-state index in [0.29, 0.717) is 11.3 Å². The topological polar surface area (TPSA) is 38.0 Å². The van der Waals surface area contributed by atoms with Gasteiger partial charge < -0.3 is 9.67 Å². The average Bonchev–Trinajstić information content (AvgIpc) is 2.82. The molecule has 1 aromatic heterocycles.